The van der Waals surface area contributed by atoms with Crippen LogP contribution in [0.5, 0.6) is 5.75 Å². The van der Waals surface area contributed by atoms with E-state index in [1.165, 1.54) is 18.2 Å². The number of halogens is 1. The molecule has 0 radical (unpaired) electrons. The number of anilines is 1. The molecular formula is C7H5ClN2O3S. The molecule has 0 spiro atoms. The monoisotopic (exact) mass is 232 g/mol. The van der Waals surface area contributed by atoms with E-state index >= 15 is 0 Å². The summed E-state index contributed by atoms with van der Waals surface area (Å²) in [5.74, 6) is -0.0502. The maximum absolute atomic E-state index is 10.7. The quantitative estimate of drug-likeness (QED) is 0.357. The van der Waals surface area contributed by atoms with Crippen LogP contribution in [0.1, 0.15) is 0 Å². The second kappa shape index (κ2) is 3.74. The molecular weight excluding hydrogens is 228 g/mol. The van der Waals surface area contributed by atoms with E-state index in [0.29, 0.717) is 5.69 Å². The Hall–Kier alpha value is -1.45. The third-order valence-electron chi connectivity index (χ3n) is 1.29. The Kier molecular flexibility index (Phi) is 2.84. The van der Waals surface area contributed by atoms with Crippen LogP contribution >= 0.6 is 11.6 Å². The topological polar surface area (TPSA) is 93.2 Å². The lowest BCUT2D eigenvalue weighted by Crippen LogP contribution is -2.05. The van der Waals surface area contributed by atoms with E-state index in [1.54, 1.807) is 0 Å². The Morgan fingerprint density at radius 2 is 2.14 bits per heavy atom. The molecule has 0 saturated carbocycles. The van der Waals surface area contributed by atoms with Crippen molar-refractivity contribution in [3.63, 3.8) is 0 Å². The Bertz CT molecular complexity index is 492. The minimum absolute atomic E-state index is 0.0502. The zero-order valence-electron chi connectivity index (χ0n) is 6.77. The molecule has 0 saturated heterocycles. The fourth-order valence-electron chi connectivity index (χ4n) is 0.705. The van der Waals surface area contributed by atoms with E-state index in [4.69, 9.17) is 22.6 Å². The van der Waals surface area contributed by atoms with Gasteiger partial charge in [-0.3, -0.25) is 0 Å². The summed E-state index contributed by atoms with van der Waals surface area (Å²) in [6, 6.07) is 3.90. The molecule has 0 aromatic heterocycles. The molecule has 2 N–H and O–H groups in total. The highest BCUT2D eigenvalue weighted by atomic mass is 35.5. The Labute approximate surface area is 85.8 Å². The summed E-state index contributed by atoms with van der Waals surface area (Å²) in [6.07, 6.45) is 0. The van der Waals surface area contributed by atoms with Gasteiger partial charge in [0.15, 0.2) is 0 Å². The second-order valence-electron chi connectivity index (χ2n) is 2.31. The molecule has 0 fully saturated rings. The van der Waals surface area contributed by atoms with Crippen molar-refractivity contribution in [1.29, 1.82) is 5.26 Å². The summed E-state index contributed by atoms with van der Waals surface area (Å²) in [4.78, 5) is 0. The largest absolute Gasteiger partial charge is 0.407 e. The molecule has 5 nitrogen and oxygen atoms in total. The van der Waals surface area contributed by atoms with E-state index < -0.39 is 10.1 Å². The minimum Gasteiger partial charge on any atom is -0.398 e. The smallest absolute Gasteiger partial charge is 0.398 e. The fraction of sp³-hybridized carbons (Fsp3) is 0. The van der Waals surface area contributed by atoms with Crippen molar-refractivity contribution in [2.45, 2.75) is 0 Å². The average molecular weight is 233 g/mol. The van der Waals surface area contributed by atoms with Gasteiger partial charge in [0.25, 0.3) is 0 Å². The lowest BCUT2D eigenvalue weighted by atomic mass is 10.3. The predicted molar refractivity (Wildman–Crippen MR) is 51.0 cm³/mol. The summed E-state index contributed by atoms with van der Waals surface area (Å²) in [7, 11) is -4.20. The summed E-state index contributed by atoms with van der Waals surface area (Å²) in [5, 5.41) is 9.32. The minimum atomic E-state index is -4.20. The van der Waals surface area contributed by atoms with Crippen LogP contribution in [0, 0.1) is 10.7 Å². The zero-order chi connectivity index (χ0) is 10.8. The van der Waals surface area contributed by atoms with Gasteiger partial charge in [0.05, 0.1) is 10.7 Å². The molecule has 0 aliphatic carbocycles. The Balaban J connectivity index is 3.02. The van der Waals surface area contributed by atoms with Crippen LogP contribution < -0.4 is 9.92 Å². The third kappa shape index (κ3) is 2.52. The lowest BCUT2D eigenvalue weighted by molar-refractivity contribution is 0.498. The molecule has 0 bridgehead atoms. The van der Waals surface area contributed by atoms with Crippen LogP contribution in [0.2, 0.25) is 5.02 Å². The molecule has 0 amide bonds. The van der Waals surface area contributed by atoms with Gasteiger partial charge < -0.3 is 9.92 Å². The summed E-state index contributed by atoms with van der Waals surface area (Å²) in [5.41, 5.74) is 5.68. The number of nitrogens with zero attached hydrogens (tertiary/aromatic N) is 1. The maximum Gasteiger partial charge on any atom is 0.407 e. The van der Waals surface area contributed by atoms with Crippen molar-refractivity contribution in [3.8, 4) is 11.2 Å². The first kappa shape index (κ1) is 10.6. The normalized spacial score (nSPS) is 10.6. The molecule has 1 aromatic rings. The van der Waals surface area contributed by atoms with Gasteiger partial charge >= 0.3 is 10.1 Å². The van der Waals surface area contributed by atoms with Crippen LogP contribution in [-0.4, -0.2) is 8.42 Å². The number of thiocyanates is 1. The van der Waals surface area contributed by atoms with Crippen LogP contribution in [0.25, 0.3) is 0 Å². The Morgan fingerprint density at radius 1 is 1.50 bits per heavy atom. The molecule has 7 heteroatoms. The number of nitriles is 1. The summed E-state index contributed by atoms with van der Waals surface area (Å²) in [6.45, 7) is 0. The van der Waals surface area contributed by atoms with Gasteiger partial charge in [0.1, 0.15) is 5.75 Å². The number of nitrogens with two attached hydrogens (primary N) is 1. The van der Waals surface area contributed by atoms with Crippen LogP contribution in [0.4, 0.5) is 5.69 Å². The van der Waals surface area contributed by atoms with Gasteiger partial charge in [-0.25, -0.2) is 0 Å². The van der Waals surface area contributed by atoms with Crippen molar-refractivity contribution in [2.75, 3.05) is 5.73 Å². The molecule has 0 aliphatic heterocycles. The highest BCUT2D eigenvalue weighted by molar-refractivity contribution is 7.91. The molecule has 0 atom stereocenters. The molecule has 0 heterocycles. The van der Waals surface area contributed by atoms with Crippen molar-refractivity contribution in [1.82, 2.24) is 0 Å². The van der Waals surface area contributed by atoms with E-state index in [-0.39, 0.29) is 10.8 Å². The molecule has 0 unspecified atom stereocenters. The molecule has 14 heavy (non-hydrogen) atoms. The number of hydrogen-bond donors (Lipinski definition) is 1. The van der Waals surface area contributed by atoms with E-state index in [0.717, 1.165) is 5.40 Å². The number of nitrogen functional groups attached to an aromatic ring is 1. The first-order valence-corrected chi connectivity index (χ1v) is 5.13. The van der Waals surface area contributed by atoms with Gasteiger partial charge in [-0.1, -0.05) is 11.6 Å². The van der Waals surface area contributed by atoms with Crippen LogP contribution in [-0.2, 0) is 10.1 Å². The van der Waals surface area contributed by atoms with Crippen molar-refractivity contribution in [2.24, 2.45) is 0 Å². The lowest BCUT2D eigenvalue weighted by Gasteiger charge is -2.02. The highest BCUT2D eigenvalue weighted by Crippen LogP contribution is 2.24. The average Bonchev–Trinajstić information content (AvgIpc) is 2.11. The predicted octanol–water partition coefficient (Wildman–Crippen LogP) is 1.11. The van der Waals surface area contributed by atoms with Gasteiger partial charge in [-0.2, -0.15) is 13.7 Å². The summed E-state index contributed by atoms with van der Waals surface area (Å²) >= 11 is 5.60. The molecule has 1 aromatic carbocycles. The van der Waals surface area contributed by atoms with Crippen molar-refractivity contribution >= 4 is 27.4 Å². The number of benzene rings is 1. The number of rotatable bonds is 2. The first-order chi connectivity index (χ1) is 6.44. The summed E-state index contributed by atoms with van der Waals surface area (Å²) < 4.78 is 25.8. The van der Waals surface area contributed by atoms with Crippen molar-refractivity contribution in [3.05, 3.63) is 23.2 Å². The first-order valence-electron chi connectivity index (χ1n) is 3.35. The van der Waals surface area contributed by atoms with Crippen molar-refractivity contribution < 1.29 is 12.6 Å². The fourth-order valence-corrected chi connectivity index (χ4v) is 1.27. The third-order valence-corrected chi connectivity index (χ3v) is 2.25. The van der Waals surface area contributed by atoms with Gasteiger partial charge in [0.2, 0.25) is 5.40 Å². The molecule has 74 valence electrons. The molecule has 1 rings (SSSR count). The molecule has 0 aliphatic rings. The van der Waals surface area contributed by atoms with Crippen LogP contribution in [0.3, 0.4) is 0 Å². The van der Waals surface area contributed by atoms with Crippen LogP contribution in [0.15, 0.2) is 18.2 Å². The van der Waals surface area contributed by atoms with Gasteiger partial charge in [-0.05, 0) is 12.1 Å². The van der Waals surface area contributed by atoms with Gasteiger partial charge in [-0.15, -0.1) is 0 Å². The Morgan fingerprint density at radius 3 is 2.64 bits per heavy atom. The van der Waals surface area contributed by atoms with E-state index in [1.807, 2.05) is 0 Å². The second-order valence-corrected chi connectivity index (χ2v) is 3.98. The van der Waals surface area contributed by atoms with E-state index in [9.17, 15) is 8.42 Å². The SMILES string of the molecule is N#CS(=O)(=O)Oc1ccc(N)c(Cl)c1. The maximum atomic E-state index is 10.7. The highest BCUT2D eigenvalue weighted by Gasteiger charge is 2.11. The number of hydrogen-bond acceptors (Lipinski definition) is 5. The van der Waals surface area contributed by atoms with Gasteiger partial charge in [0, 0.05) is 6.07 Å². The zero-order valence-corrected chi connectivity index (χ0v) is 8.34. The van der Waals surface area contributed by atoms with E-state index in [2.05, 4.69) is 4.18 Å². The standard InChI is InChI=1S/C7H5ClN2O3S/c8-6-3-5(1-2-7(6)10)13-14(11,12)4-9/h1-3H,10H2.